The molecule has 5 nitrogen and oxygen atoms in total. The second-order valence-electron chi connectivity index (χ2n) is 4.74. The standard InChI is InChI=1S/C14H21ClN2O3/c1-10(6-14(16)19)17-7-12(18)9-20-8-11-4-2-3-5-13(11)15/h2-5,10,12,17-18H,6-9H2,1H3,(H2,16,19). The van der Waals surface area contributed by atoms with Gasteiger partial charge in [0.25, 0.3) is 0 Å². The predicted molar refractivity (Wildman–Crippen MR) is 78.4 cm³/mol. The van der Waals surface area contributed by atoms with Crippen molar-refractivity contribution in [1.29, 1.82) is 0 Å². The Kier molecular flexibility index (Phi) is 7.54. The van der Waals surface area contributed by atoms with Gasteiger partial charge in [0.1, 0.15) is 0 Å². The monoisotopic (exact) mass is 300 g/mol. The summed E-state index contributed by atoms with van der Waals surface area (Å²) in [5, 5.41) is 13.4. The van der Waals surface area contributed by atoms with Crippen molar-refractivity contribution in [1.82, 2.24) is 5.32 Å². The number of rotatable bonds is 9. The van der Waals surface area contributed by atoms with Gasteiger partial charge in [0.15, 0.2) is 0 Å². The Balaban J connectivity index is 2.19. The van der Waals surface area contributed by atoms with E-state index in [1.165, 1.54) is 0 Å². The topological polar surface area (TPSA) is 84.6 Å². The van der Waals surface area contributed by atoms with Gasteiger partial charge in [-0.15, -0.1) is 0 Å². The lowest BCUT2D eigenvalue weighted by molar-refractivity contribution is -0.118. The average Bonchev–Trinajstić information content (AvgIpc) is 2.38. The lowest BCUT2D eigenvalue weighted by Gasteiger charge is -2.16. The van der Waals surface area contributed by atoms with Crippen LogP contribution in [0.1, 0.15) is 18.9 Å². The molecule has 6 heteroatoms. The van der Waals surface area contributed by atoms with Crippen LogP contribution < -0.4 is 11.1 Å². The van der Waals surface area contributed by atoms with Gasteiger partial charge in [-0.25, -0.2) is 0 Å². The fourth-order valence-electron chi connectivity index (χ4n) is 1.69. The Morgan fingerprint density at radius 2 is 2.20 bits per heavy atom. The Bertz CT molecular complexity index is 429. The molecule has 0 saturated heterocycles. The molecule has 0 aliphatic rings. The molecule has 1 amide bonds. The van der Waals surface area contributed by atoms with Crippen LogP contribution in [0.3, 0.4) is 0 Å². The van der Waals surface area contributed by atoms with Crippen LogP contribution in [0.4, 0.5) is 0 Å². The Morgan fingerprint density at radius 1 is 1.50 bits per heavy atom. The molecule has 0 aromatic heterocycles. The highest BCUT2D eigenvalue weighted by atomic mass is 35.5. The molecule has 1 aromatic carbocycles. The van der Waals surface area contributed by atoms with Gasteiger partial charge in [0, 0.05) is 24.0 Å². The van der Waals surface area contributed by atoms with E-state index in [0.717, 1.165) is 5.56 Å². The van der Waals surface area contributed by atoms with Gasteiger partial charge in [-0.2, -0.15) is 0 Å². The number of aliphatic hydroxyl groups excluding tert-OH is 1. The third kappa shape index (κ3) is 6.86. The summed E-state index contributed by atoms with van der Waals surface area (Å²) in [6.45, 7) is 2.73. The van der Waals surface area contributed by atoms with Gasteiger partial charge >= 0.3 is 0 Å². The largest absolute Gasteiger partial charge is 0.389 e. The van der Waals surface area contributed by atoms with Crippen molar-refractivity contribution in [3.8, 4) is 0 Å². The molecule has 20 heavy (non-hydrogen) atoms. The van der Waals surface area contributed by atoms with Gasteiger partial charge in [-0.3, -0.25) is 4.79 Å². The van der Waals surface area contributed by atoms with Crippen LogP contribution in [0.15, 0.2) is 24.3 Å². The maximum Gasteiger partial charge on any atom is 0.218 e. The lowest BCUT2D eigenvalue weighted by Crippen LogP contribution is -2.38. The summed E-state index contributed by atoms with van der Waals surface area (Å²) in [7, 11) is 0. The number of aliphatic hydroxyl groups is 1. The van der Waals surface area contributed by atoms with Crippen molar-refractivity contribution in [2.24, 2.45) is 5.73 Å². The van der Waals surface area contributed by atoms with Crippen LogP contribution in [0.25, 0.3) is 0 Å². The third-order valence-corrected chi connectivity index (χ3v) is 3.10. The number of carbonyl (C=O) groups is 1. The summed E-state index contributed by atoms with van der Waals surface area (Å²) in [5.41, 5.74) is 5.97. The first-order valence-corrected chi connectivity index (χ1v) is 6.87. The second-order valence-corrected chi connectivity index (χ2v) is 5.15. The van der Waals surface area contributed by atoms with Crippen molar-refractivity contribution < 1.29 is 14.6 Å². The van der Waals surface area contributed by atoms with Crippen molar-refractivity contribution in [2.75, 3.05) is 13.2 Å². The van der Waals surface area contributed by atoms with Crippen molar-refractivity contribution in [3.63, 3.8) is 0 Å². The first-order chi connectivity index (χ1) is 9.49. The fourth-order valence-corrected chi connectivity index (χ4v) is 1.88. The minimum absolute atomic E-state index is 0.0642. The molecule has 0 spiro atoms. The predicted octanol–water partition coefficient (Wildman–Crippen LogP) is 1.07. The number of hydrogen-bond acceptors (Lipinski definition) is 4. The fraction of sp³-hybridized carbons (Fsp3) is 0.500. The number of primary amides is 1. The van der Waals surface area contributed by atoms with E-state index < -0.39 is 6.10 Å². The zero-order chi connectivity index (χ0) is 15.0. The Labute approximate surface area is 124 Å². The van der Waals surface area contributed by atoms with E-state index in [4.69, 9.17) is 22.1 Å². The Morgan fingerprint density at radius 3 is 2.85 bits per heavy atom. The first-order valence-electron chi connectivity index (χ1n) is 6.50. The van der Waals surface area contributed by atoms with Gasteiger partial charge < -0.3 is 20.9 Å². The van der Waals surface area contributed by atoms with Crippen molar-refractivity contribution >= 4 is 17.5 Å². The van der Waals surface area contributed by atoms with Crippen LogP contribution in [0, 0.1) is 0 Å². The summed E-state index contributed by atoms with van der Waals surface area (Å²) in [6.07, 6.45) is -0.402. The zero-order valence-corrected chi connectivity index (χ0v) is 12.3. The molecule has 2 unspecified atom stereocenters. The molecule has 2 atom stereocenters. The lowest BCUT2D eigenvalue weighted by atomic mass is 10.2. The van der Waals surface area contributed by atoms with E-state index in [1.54, 1.807) is 6.07 Å². The number of ether oxygens (including phenoxy) is 1. The molecule has 0 fully saturated rings. The van der Waals surface area contributed by atoms with Gasteiger partial charge in [-0.1, -0.05) is 29.8 Å². The maximum absolute atomic E-state index is 10.7. The van der Waals surface area contributed by atoms with Gasteiger partial charge in [-0.05, 0) is 18.6 Å². The summed E-state index contributed by atoms with van der Waals surface area (Å²) in [5.74, 6) is -0.366. The smallest absolute Gasteiger partial charge is 0.218 e. The number of benzene rings is 1. The number of hydrogen-bond donors (Lipinski definition) is 3. The van der Waals surface area contributed by atoms with Crippen LogP contribution in [-0.2, 0) is 16.1 Å². The molecule has 0 aliphatic carbocycles. The molecule has 112 valence electrons. The summed E-state index contributed by atoms with van der Waals surface area (Å²) in [6, 6.07) is 7.34. The van der Waals surface area contributed by atoms with E-state index in [9.17, 15) is 9.90 Å². The van der Waals surface area contributed by atoms with Crippen LogP contribution in [0.5, 0.6) is 0 Å². The van der Waals surface area contributed by atoms with E-state index in [0.29, 0.717) is 18.2 Å². The maximum atomic E-state index is 10.7. The number of halogens is 1. The minimum atomic E-state index is -0.646. The highest BCUT2D eigenvalue weighted by molar-refractivity contribution is 6.31. The minimum Gasteiger partial charge on any atom is -0.389 e. The molecule has 0 saturated carbocycles. The SMILES string of the molecule is CC(CC(N)=O)NCC(O)COCc1ccccc1Cl. The molecular weight excluding hydrogens is 280 g/mol. The zero-order valence-electron chi connectivity index (χ0n) is 11.5. The molecule has 0 aliphatic heterocycles. The molecular formula is C14H21ClN2O3. The van der Waals surface area contributed by atoms with Crippen LogP contribution >= 0.6 is 11.6 Å². The van der Waals surface area contributed by atoms with Crippen molar-refractivity contribution in [2.45, 2.75) is 32.1 Å². The summed E-state index contributed by atoms with van der Waals surface area (Å²) < 4.78 is 5.41. The summed E-state index contributed by atoms with van der Waals surface area (Å²) in [4.78, 5) is 10.7. The van der Waals surface area contributed by atoms with Gasteiger partial charge in [0.05, 0.1) is 19.3 Å². The van der Waals surface area contributed by atoms with Crippen LogP contribution in [-0.4, -0.2) is 36.3 Å². The Hall–Kier alpha value is -1.14. The quantitative estimate of drug-likeness (QED) is 0.637. The van der Waals surface area contributed by atoms with E-state index in [-0.39, 0.29) is 25.0 Å². The molecule has 4 N–H and O–H groups in total. The molecule has 0 radical (unpaired) electrons. The second kappa shape index (κ2) is 8.92. The average molecular weight is 301 g/mol. The normalized spacial score (nSPS) is 13.9. The highest BCUT2D eigenvalue weighted by Gasteiger charge is 2.09. The number of nitrogens with two attached hydrogens (primary N) is 1. The molecule has 1 rings (SSSR count). The highest BCUT2D eigenvalue weighted by Crippen LogP contribution is 2.15. The number of amides is 1. The van der Waals surface area contributed by atoms with E-state index >= 15 is 0 Å². The summed E-state index contributed by atoms with van der Waals surface area (Å²) >= 11 is 5.99. The molecule has 1 aromatic rings. The van der Waals surface area contributed by atoms with E-state index in [2.05, 4.69) is 5.32 Å². The number of nitrogens with one attached hydrogen (secondary N) is 1. The number of carbonyl (C=O) groups excluding carboxylic acids is 1. The molecule has 0 heterocycles. The molecule has 0 bridgehead atoms. The van der Waals surface area contributed by atoms with Crippen LogP contribution in [0.2, 0.25) is 5.02 Å². The van der Waals surface area contributed by atoms with E-state index in [1.807, 2.05) is 25.1 Å². The third-order valence-electron chi connectivity index (χ3n) is 2.73. The van der Waals surface area contributed by atoms with Crippen molar-refractivity contribution in [3.05, 3.63) is 34.9 Å². The van der Waals surface area contributed by atoms with Gasteiger partial charge in [0.2, 0.25) is 5.91 Å². The first kappa shape index (κ1) is 16.9.